The van der Waals surface area contributed by atoms with Crippen molar-refractivity contribution in [3.05, 3.63) is 0 Å². The molecule has 90 valence electrons. The van der Waals surface area contributed by atoms with Crippen LogP contribution in [0, 0.1) is 0 Å². The Balaban J connectivity index is 2.26. The van der Waals surface area contributed by atoms with Crippen molar-refractivity contribution in [2.24, 2.45) is 0 Å². The molecule has 0 aromatic heterocycles. The summed E-state index contributed by atoms with van der Waals surface area (Å²) >= 11 is 0. The van der Waals surface area contributed by atoms with Gasteiger partial charge in [-0.2, -0.15) is 0 Å². The molecular formula is C11H23FN2O. The second-order valence-electron chi connectivity index (χ2n) is 4.52. The van der Waals surface area contributed by atoms with E-state index in [0.29, 0.717) is 12.6 Å². The molecule has 15 heavy (non-hydrogen) atoms. The molecule has 0 aromatic rings. The Morgan fingerprint density at radius 2 is 2.20 bits per heavy atom. The van der Waals surface area contributed by atoms with Crippen LogP contribution in [-0.2, 0) is 0 Å². The lowest BCUT2D eigenvalue weighted by Gasteiger charge is -2.27. The Morgan fingerprint density at radius 3 is 2.67 bits per heavy atom. The first-order chi connectivity index (χ1) is 7.15. The molecule has 4 heteroatoms. The van der Waals surface area contributed by atoms with Gasteiger partial charge in [-0.05, 0) is 33.2 Å². The quantitative estimate of drug-likeness (QED) is 0.691. The van der Waals surface area contributed by atoms with Crippen LogP contribution >= 0.6 is 0 Å². The largest absolute Gasteiger partial charge is 0.391 e. The van der Waals surface area contributed by atoms with Crippen LogP contribution in [0.3, 0.4) is 0 Å². The first-order valence-electron chi connectivity index (χ1n) is 5.86. The summed E-state index contributed by atoms with van der Waals surface area (Å²) in [5.74, 6) is 0. The van der Waals surface area contributed by atoms with E-state index in [1.165, 1.54) is 0 Å². The second kappa shape index (κ2) is 6.40. The summed E-state index contributed by atoms with van der Waals surface area (Å²) in [6.45, 7) is 6.12. The average Bonchev–Trinajstić information content (AvgIpc) is 2.58. The maximum atomic E-state index is 12.3. The van der Waals surface area contributed by atoms with E-state index in [2.05, 4.69) is 24.1 Å². The highest BCUT2D eigenvalue weighted by molar-refractivity contribution is 4.84. The summed E-state index contributed by atoms with van der Waals surface area (Å²) in [6.07, 6.45) is 1.53. The number of rotatable bonds is 6. The van der Waals surface area contributed by atoms with Crippen molar-refractivity contribution in [3.63, 3.8) is 0 Å². The molecule has 1 rings (SSSR count). The number of alkyl halides is 1. The zero-order valence-electron chi connectivity index (χ0n) is 9.75. The van der Waals surface area contributed by atoms with E-state index in [1.54, 1.807) is 0 Å². The van der Waals surface area contributed by atoms with Gasteiger partial charge in [-0.1, -0.05) is 0 Å². The summed E-state index contributed by atoms with van der Waals surface area (Å²) in [5, 5.41) is 12.9. The summed E-state index contributed by atoms with van der Waals surface area (Å²) in [7, 11) is 0. The molecule has 1 saturated heterocycles. The Bertz CT molecular complexity index is 178. The molecule has 0 amide bonds. The van der Waals surface area contributed by atoms with Gasteiger partial charge in [0.15, 0.2) is 0 Å². The molecular weight excluding hydrogens is 195 g/mol. The number of nitrogens with zero attached hydrogens (tertiary/aromatic N) is 1. The lowest BCUT2D eigenvalue weighted by Crippen LogP contribution is -2.39. The predicted octanol–water partition coefficient (Wildman–Crippen LogP) is 0.779. The molecule has 0 bridgehead atoms. The first-order valence-corrected chi connectivity index (χ1v) is 5.86. The van der Waals surface area contributed by atoms with Crippen LogP contribution in [0.4, 0.5) is 4.39 Å². The van der Waals surface area contributed by atoms with E-state index in [1.807, 2.05) is 0 Å². The molecule has 2 unspecified atom stereocenters. The van der Waals surface area contributed by atoms with E-state index in [4.69, 9.17) is 0 Å². The third-order valence-corrected chi connectivity index (χ3v) is 3.14. The van der Waals surface area contributed by atoms with Crippen LogP contribution in [0.2, 0.25) is 0 Å². The first kappa shape index (κ1) is 12.9. The third kappa shape index (κ3) is 4.05. The molecule has 0 radical (unpaired) electrons. The fraction of sp³-hybridized carbons (Fsp3) is 1.00. The zero-order chi connectivity index (χ0) is 11.3. The molecule has 2 atom stereocenters. The van der Waals surface area contributed by atoms with Gasteiger partial charge in [-0.15, -0.1) is 0 Å². The van der Waals surface area contributed by atoms with Crippen molar-refractivity contribution < 1.29 is 9.50 Å². The summed E-state index contributed by atoms with van der Waals surface area (Å²) in [5.41, 5.74) is 0. The van der Waals surface area contributed by atoms with Crippen molar-refractivity contribution in [1.82, 2.24) is 10.2 Å². The van der Waals surface area contributed by atoms with Crippen LogP contribution in [0.15, 0.2) is 0 Å². The standard InChI is InChI=1S/C11H23FN2O/c1-9(2)14(8-5-12)7-4-10-11(15)3-6-13-10/h9-11,13,15H,3-8H2,1-2H3. The van der Waals surface area contributed by atoms with Gasteiger partial charge in [-0.25, -0.2) is 4.39 Å². The Morgan fingerprint density at radius 1 is 1.47 bits per heavy atom. The molecule has 1 aliphatic heterocycles. The number of hydrogen-bond acceptors (Lipinski definition) is 3. The van der Waals surface area contributed by atoms with Gasteiger partial charge in [0.05, 0.1) is 6.10 Å². The summed E-state index contributed by atoms with van der Waals surface area (Å²) in [6, 6.07) is 0.574. The number of nitrogens with one attached hydrogen (secondary N) is 1. The zero-order valence-corrected chi connectivity index (χ0v) is 9.75. The molecule has 1 fully saturated rings. The molecule has 1 aliphatic rings. The van der Waals surface area contributed by atoms with Gasteiger partial charge in [0, 0.05) is 25.2 Å². The highest BCUT2D eigenvalue weighted by atomic mass is 19.1. The second-order valence-corrected chi connectivity index (χ2v) is 4.52. The minimum Gasteiger partial charge on any atom is -0.391 e. The van der Waals surface area contributed by atoms with Crippen LogP contribution in [0.25, 0.3) is 0 Å². The third-order valence-electron chi connectivity index (χ3n) is 3.14. The minimum atomic E-state index is -0.293. The molecule has 1 heterocycles. The smallest absolute Gasteiger partial charge is 0.102 e. The van der Waals surface area contributed by atoms with E-state index in [-0.39, 0.29) is 18.8 Å². The Labute approximate surface area is 91.7 Å². The Hall–Kier alpha value is -0.190. The molecule has 0 aromatic carbocycles. The lowest BCUT2D eigenvalue weighted by atomic mass is 10.1. The normalized spacial score (nSPS) is 26.8. The molecule has 0 spiro atoms. The van der Waals surface area contributed by atoms with Crippen molar-refractivity contribution in [2.75, 3.05) is 26.3 Å². The number of aliphatic hydroxyl groups is 1. The highest BCUT2D eigenvalue weighted by Gasteiger charge is 2.24. The molecule has 0 saturated carbocycles. The van der Waals surface area contributed by atoms with E-state index >= 15 is 0 Å². The average molecular weight is 218 g/mol. The van der Waals surface area contributed by atoms with E-state index < -0.39 is 0 Å². The summed E-state index contributed by atoms with van der Waals surface area (Å²) < 4.78 is 12.3. The molecule has 2 N–H and O–H groups in total. The van der Waals surface area contributed by atoms with Gasteiger partial charge in [0.1, 0.15) is 6.67 Å². The van der Waals surface area contributed by atoms with Crippen LogP contribution < -0.4 is 5.32 Å². The minimum absolute atomic E-state index is 0.200. The van der Waals surface area contributed by atoms with Crippen LogP contribution in [-0.4, -0.2) is 54.5 Å². The van der Waals surface area contributed by atoms with Crippen molar-refractivity contribution in [2.45, 2.75) is 44.9 Å². The summed E-state index contributed by atoms with van der Waals surface area (Å²) in [4.78, 5) is 2.12. The topological polar surface area (TPSA) is 35.5 Å². The SMILES string of the molecule is CC(C)N(CCF)CCC1NCCC1O. The van der Waals surface area contributed by atoms with Gasteiger partial charge >= 0.3 is 0 Å². The highest BCUT2D eigenvalue weighted by Crippen LogP contribution is 2.11. The van der Waals surface area contributed by atoms with E-state index in [0.717, 1.165) is 25.9 Å². The fourth-order valence-corrected chi connectivity index (χ4v) is 2.09. The van der Waals surface area contributed by atoms with Gasteiger partial charge < -0.3 is 10.4 Å². The number of hydrogen-bond donors (Lipinski definition) is 2. The monoisotopic (exact) mass is 218 g/mol. The molecule has 3 nitrogen and oxygen atoms in total. The maximum absolute atomic E-state index is 12.3. The predicted molar refractivity (Wildman–Crippen MR) is 59.7 cm³/mol. The Kier molecular flexibility index (Phi) is 5.50. The van der Waals surface area contributed by atoms with Crippen LogP contribution in [0.5, 0.6) is 0 Å². The van der Waals surface area contributed by atoms with E-state index in [9.17, 15) is 9.50 Å². The number of aliphatic hydroxyl groups excluding tert-OH is 1. The van der Waals surface area contributed by atoms with Crippen molar-refractivity contribution in [1.29, 1.82) is 0 Å². The lowest BCUT2D eigenvalue weighted by molar-refractivity contribution is 0.136. The van der Waals surface area contributed by atoms with Crippen LogP contribution in [0.1, 0.15) is 26.7 Å². The fourth-order valence-electron chi connectivity index (χ4n) is 2.09. The van der Waals surface area contributed by atoms with Crippen molar-refractivity contribution in [3.8, 4) is 0 Å². The number of halogens is 1. The van der Waals surface area contributed by atoms with Gasteiger partial charge in [0.25, 0.3) is 0 Å². The van der Waals surface area contributed by atoms with Crippen molar-refractivity contribution >= 4 is 0 Å². The maximum Gasteiger partial charge on any atom is 0.102 e. The van der Waals surface area contributed by atoms with Gasteiger partial charge in [-0.3, -0.25) is 4.90 Å². The molecule has 0 aliphatic carbocycles. The van der Waals surface area contributed by atoms with Gasteiger partial charge in [0.2, 0.25) is 0 Å².